The summed E-state index contributed by atoms with van der Waals surface area (Å²) in [6.07, 6.45) is -3.76. The lowest BCUT2D eigenvalue weighted by Gasteiger charge is -2.19. The molecule has 1 heterocycles. The highest BCUT2D eigenvalue weighted by atomic mass is 19.4. The molecule has 0 aromatic heterocycles. The molecule has 1 atom stereocenters. The first kappa shape index (κ1) is 13.1. The highest BCUT2D eigenvalue weighted by molar-refractivity contribution is 5.49. The van der Waals surface area contributed by atoms with Crippen LogP contribution in [0.3, 0.4) is 0 Å². The van der Waals surface area contributed by atoms with Crippen LogP contribution in [0.2, 0.25) is 0 Å². The van der Waals surface area contributed by atoms with Crippen LogP contribution in [0.25, 0.3) is 0 Å². The third-order valence-electron chi connectivity index (χ3n) is 3.24. The zero-order valence-electron chi connectivity index (χ0n) is 9.67. The minimum absolute atomic E-state index is 0.329. The van der Waals surface area contributed by atoms with Gasteiger partial charge in [0.05, 0.1) is 5.56 Å². The van der Waals surface area contributed by atoms with Gasteiger partial charge in [-0.25, -0.2) is 4.39 Å². The van der Waals surface area contributed by atoms with E-state index in [0.717, 1.165) is 18.6 Å². The topological polar surface area (TPSA) is 29.3 Å². The first-order valence-corrected chi connectivity index (χ1v) is 5.73. The molecule has 1 fully saturated rings. The van der Waals surface area contributed by atoms with Crippen LogP contribution in [0.4, 0.5) is 23.2 Å². The highest BCUT2D eigenvalue weighted by Gasteiger charge is 2.34. The van der Waals surface area contributed by atoms with E-state index in [0.29, 0.717) is 31.2 Å². The van der Waals surface area contributed by atoms with Gasteiger partial charge in [0.1, 0.15) is 5.82 Å². The summed E-state index contributed by atoms with van der Waals surface area (Å²) in [7, 11) is 0. The van der Waals surface area contributed by atoms with Crippen molar-refractivity contribution >= 4 is 5.69 Å². The van der Waals surface area contributed by atoms with Gasteiger partial charge in [0.25, 0.3) is 0 Å². The maximum Gasteiger partial charge on any atom is 0.419 e. The lowest BCUT2D eigenvalue weighted by atomic mass is 10.1. The molecule has 1 aliphatic rings. The van der Waals surface area contributed by atoms with Crippen LogP contribution in [-0.2, 0) is 6.18 Å². The molecule has 0 saturated carbocycles. The molecule has 1 aliphatic heterocycles. The van der Waals surface area contributed by atoms with Crippen molar-refractivity contribution in [3.8, 4) is 0 Å². The second kappa shape index (κ2) is 4.76. The third-order valence-corrected chi connectivity index (χ3v) is 3.24. The largest absolute Gasteiger partial charge is 0.419 e. The summed E-state index contributed by atoms with van der Waals surface area (Å²) in [4.78, 5) is 1.86. The molecular formula is C12H14F4N2. The Morgan fingerprint density at radius 1 is 1.33 bits per heavy atom. The fourth-order valence-corrected chi connectivity index (χ4v) is 2.19. The first-order valence-electron chi connectivity index (χ1n) is 5.73. The first-order chi connectivity index (χ1) is 8.41. The van der Waals surface area contributed by atoms with Crippen molar-refractivity contribution in [3.05, 3.63) is 29.6 Å². The molecule has 1 aromatic rings. The van der Waals surface area contributed by atoms with E-state index in [-0.39, 0.29) is 0 Å². The number of rotatable bonds is 2. The van der Waals surface area contributed by atoms with E-state index < -0.39 is 17.6 Å². The zero-order valence-corrected chi connectivity index (χ0v) is 9.67. The quantitative estimate of drug-likeness (QED) is 0.830. The SMILES string of the molecule is NCC1CCN(c2ccc(C(F)(F)F)c(F)c2)C1. The van der Waals surface area contributed by atoms with Gasteiger partial charge in [0.15, 0.2) is 0 Å². The maximum absolute atomic E-state index is 13.4. The van der Waals surface area contributed by atoms with Crippen molar-refractivity contribution in [2.75, 3.05) is 24.5 Å². The third kappa shape index (κ3) is 2.58. The average Bonchev–Trinajstić information content (AvgIpc) is 2.75. The van der Waals surface area contributed by atoms with Gasteiger partial charge in [0.2, 0.25) is 0 Å². The molecule has 100 valence electrons. The van der Waals surface area contributed by atoms with Crippen LogP contribution >= 0.6 is 0 Å². The maximum atomic E-state index is 13.4. The summed E-state index contributed by atoms with van der Waals surface area (Å²) >= 11 is 0. The van der Waals surface area contributed by atoms with Gasteiger partial charge in [-0.2, -0.15) is 13.2 Å². The Balaban J connectivity index is 2.20. The summed E-state index contributed by atoms with van der Waals surface area (Å²) in [6, 6.07) is 3.05. The molecule has 0 bridgehead atoms. The van der Waals surface area contributed by atoms with Crippen LogP contribution in [-0.4, -0.2) is 19.6 Å². The summed E-state index contributed by atoms with van der Waals surface area (Å²) in [5, 5.41) is 0. The monoisotopic (exact) mass is 262 g/mol. The van der Waals surface area contributed by atoms with E-state index in [1.165, 1.54) is 6.07 Å². The average molecular weight is 262 g/mol. The predicted octanol–water partition coefficient (Wildman–Crippen LogP) is 2.63. The normalized spacial score (nSPS) is 20.5. The van der Waals surface area contributed by atoms with E-state index in [4.69, 9.17) is 5.73 Å². The predicted molar refractivity (Wildman–Crippen MR) is 60.8 cm³/mol. The van der Waals surface area contributed by atoms with Crippen LogP contribution in [0.5, 0.6) is 0 Å². The number of nitrogens with zero attached hydrogens (tertiary/aromatic N) is 1. The smallest absolute Gasteiger partial charge is 0.371 e. The summed E-state index contributed by atoms with van der Waals surface area (Å²) in [6.45, 7) is 1.91. The Labute approximate surface area is 102 Å². The van der Waals surface area contributed by atoms with E-state index >= 15 is 0 Å². The minimum atomic E-state index is -4.65. The molecule has 2 N–H and O–H groups in total. The van der Waals surface area contributed by atoms with E-state index in [1.807, 2.05) is 4.90 Å². The molecule has 1 saturated heterocycles. The molecule has 1 unspecified atom stereocenters. The lowest BCUT2D eigenvalue weighted by molar-refractivity contribution is -0.139. The molecule has 2 rings (SSSR count). The highest BCUT2D eigenvalue weighted by Crippen LogP contribution is 2.34. The second-order valence-electron chi connectivity index (χ2n) is 4.50. The van der Waals surface area contributed by atoms with Crippen molar-refractivity contribution in [3.63, 3.8) is 0 Å². The van der Waals surface area contributed by atoms with Gasteiger partial charge in [0, 0.05) is 18.8 Å². The summed E-state index contributed by atoms with van der Waals surface area (Å²) < 4.78 is 50.6. The van der Waals surface area contributed by atoms with Crippen molar-refractivity contribution in [1.29, 1.82) is 0 Å². The molecule has 18 heavy (non-hydrogen) atoms. The van der Waals surface area contributed by atoms with Crippen LogP contribution in [0, 0.1) is 11.7 Å². The van der Waals surface area contributed by atoms with Crippen molar-refractivity contribution in [1.82, 2.24) is 0 Å². The molecular weight excluding hydrogens is 248 g/mol. The Bertz CT molecular complexity index is 431. The van der Waals surface area contributed by atoms with Gasteiger partial charge in [-0.1, -0.05) is 0 Å². The van der Waals surface area contributed by atoms with Crippen LogP contribution in [0.15, 0.2) is 18.2 Å². The number of benzene rings is 1. The van der Waals surface area contributed by atoms with Crippen LogP contribution < -0.4 is 10.6 Å². The molecule has 0 spiro atoms. The number of hydrogen-bond donors (Lipinski definition) is 1. The Kier molecular flexibility index (Phi) is 3.47. The number of anilines is 1. The Morgan fingerprint density at radius 2 is 2.06 bits per heavy atom. The number of nitrogens with two attached hydrogens (primary N) is 1. The van der Waals surface area contributed by atoms with Gasteiger partial charge in [-0.05, 0) is 37.1 Å². The van der Waals surface area contributed by atoms with E-state index in [1.54, 1.807) is 0 Å². The van der Waals surface area contributed by atoms with Gasteiger partial charge in [-0.15, -0.1) is 0 Å². The molecule has 2 nitrogen and oxygen atoms in total. The fraction of sp³-hybridized carbons (Fsp3) is 0.500. The fourth-order valence-electron chi connectivity index (χ4n) is 2.19. The van der Waals surface area contributed by atoms with E-state index in [9.17, 15) is 17.6 Å². The molecule has 0 radical (unpaired) electrons. The van der Waals surface area contributed by atoms with Crippen molar-refractivity contribution in [2.45, 2.75) is 12.6 Å². The molecule has 1 aromatic carbocycles. The number of alkyl halides is 3. The van der Waals surface area contributed by atoms with Gasteiger partial charge in [-0.3, -0.25) is 0 Å². The summed E-state index contributed by atoms with van der Waals surface area (Å²) in [5.74, 6) is -0.897. The second-order valence-corrected chi connectivity index (χ2v) is 4.50. The van der Waals surface area contributed by atoms with Crippen LogP contribution in [0.1, 0.15) is 12.0 Å². The zero-order chi connectivity index (χ0) is 13.3. The molecule has 0 aliphatic carbocycles. The standard InChI is InChI=1S/C12H14F4N2/c13-11-5-9(1-2-10(11)12(14,15)16)18-4-3-8(6-17)7-18/h1-2,5,8H,3-4,6-7,17H2. The van der Waals surface area contributed by atoms with Gasteiger partial charge < -0.3 is 10.6 Å². The van der Waals surface area contributed by atoms with E-state index in [2.05, 4.69) is 0 Å². The Morgan fingerprint density at radius 3 is 2.56 bits per heavy atom. The Hall–Kier alpha value is -1.30. The van der Waals surface area contributed by atoms with Crippen molar-refractivity contribution < 1.29 is 17.6 Å². The number of halogens is 4. The van der Waals surface area contributed by atoms with Crippen molar-refractivity contribution in [2.24, 2.45) is 11.7 Å². The molecule has 0 amide bonds. The minimum Gasteiger partial charge on any atom is -0.371 e. The molecule has 6 heteroatoms. The lowest BCUT2D eigenvalue weighted by Crippen LogP contribution is -2.23. The van der Waals surface area contributed by atoms with Gasteiger partial charge >= 0.3 is 6.18 Å². The summed E-state index contributed by atoms with van der Waals surface area (Å²) in [5.41, 5.74) is 4.80. The number of hydrogen-bond acceptors (Lipinski definition) is 2.